The van der Waals surface area contributed by atoms with Crippen LogP contribution in [0.25, 0.3) is 0 Å². The highest BCUT2D eigenvalue weighted by Crippen LogP contribution is 2.28. The quantitative estimate of drug-likeness (QED) is 0.824. The van der Waals surface area contributed by atoms with Gasteiger partial charge in [-0.3, -0.25) is 4.79 Å². The highest BCUT2D eigenvalue weighted by atomic mass is 35.5. The monoisotopic (exact) mass is 341 g/mol. The van der Waals surface area contributed by atoms with Gasteiger partial charge in [0.05, 0.1) is 11.8 Å². The molecule has 0 aromatic heterocycles. The normalized spacial score (nSPS) is 19.5. The lowest BCUT2D eigenvalue weighted by Crippen LogP contribution is -2.44. The Balaban J connectivity index is 2.41. The number of carbonyl (C=O) groups excluding carboxylic acids is 1. The zero-order valence-electron chi connectivity index (χ0n) is 12.7. The van der Waals surface area contributed by atoms with Gasteiger partial charge in [-0.2, -0.15) is 0 Å². The van der Waals surface area contributed by atoms with E-state index in [0.29, 0.717) is 10.7 Å². The first-order valence-corrected chi connectivity index (χ1v) is 9.47. The Morgan fingerprint density at radius 1 is 1.36 bits per heavy atom. The SMILES string of the molecule is CCC(CC)C(=O)N(c1cccc(Cl)c1)[C@H]1C=CS(=O)(=O)C1. The number of hydrogen-bond donors (Lipinski definition) is 0. The van der Waals surface area contributed by atoms with Gasteiger partial charge in [-0.15, -0.1) is 0 Å². The molecule has 1 amide bonds. The Hall–Kier alpha value is -1.33. The van der Waals surface area contributed by atoms with Gasteiger partial charge < -0.3 is 4.90 Å². The molecule has 1 aliphatic rings. The van der Waals surface area contributed by atoms with Crippen LogP contribution >= 0.6 is 11.6 Å². The van der Waals surface area contributed by atoms with Crippen molar-refractivity contribution in [2.75, 3.05) is 10.7 Å². The Kier molecular flexibility index (Phi) is 5.29. The summed E-state index contributed by atoms with van der Waals surface area (Å²) in [7, 11) is -3.24. The van der Waals surface area contributed by atoms with Crippen LogP contribution in [0.2, 0.25) is 5.02 Å². The van der Waals surface area contributed by atoms with Crippen molar-refractivity contribution in [2.45, 2.75) is 32.7 Å². The zero-order chi connectivity index (χ0) is 16.3. The van der Waals surface area contributed by atoms with Gasteiger partial charge in [0.2, 0.25) is 5.91 Å². The van der Waals surface area contributed by atoms with Crippen LogP contribution in [0.5, 0.6) is 0 Å². The first-order valence-electron chi connectivity index (χ1n) is 7.37. The molecular formula is C16H20ClNO3S. The minimum absolute atomic E-state index is 0.0565. The molecule has 4 nitrogen and oxygen atoms in total. The van der Waals surface area contributed by atoms with Crippen LogP contribution in [-0.4, -0.2) is 26.1 Å². The number of benzene rings is 1. The van der Waals surface area contributed by atoms with Crippen LogP contribution < -0.4 is 4.90 Å². The Labute approximate surface area is 136 Å². The van der Waals surface area contributed by atoms with E-state index in [2.05, 4.69) is 0 Å². The lowest BCUT2D eigenvalue weighted by atomic mass is 10.00. The smallest absolute Gasteiger partial charge is 0.230 e. The molecule has 0 fully saturated rings. The van der Waals surface area contributed by atoms with Gasteiger partial charge in [0.25, 0.3) is 0 Å². The molecule has 1 aliphatic heterocycles. The number of rotatable bonds is 5. The topological polar surface area (TPSA) is 54.5 Å². The Morgan fingerprint density at radius 2 is 2.05 bits per heavy atom. The molecule has 6 heteroatoms. The minimum atomic E-state index is -3.24. The van der Waals surface area contributed by atoms with E-state index in [1.165, 1.54) is 5.41 Å². The molecule has 120 valence electrons. The van der Waals surface area contributed by atoms with E-state index in [-0.39, 0.29) is 17.6 Å². The van der Waals surface area contributed by atoms with Gasteiger partial charge in [-0.25, -0.2) is 8.42 Å². The van der Waals surface area contributed by atoms with Crippen molar-refractivity contribution in [3.63, 3.8) is 0 Å². The summed E-state index contributed by atoms with van der Waals surface area (Å²) >= 11 is 6.03. The number of halogens is 1. The predicted octanol–water partition coefficient (Wildman–Crippen LogP) is 3.42. The van der Waals surface area contributed by atoms with E-state index in [4.69, 9.17) is 11.6 Å². The summed E-state index contributed by atoms with van der Waals surface area (Å²) in [4.78, 5) is 14.4. The van der Waals surface area contributed by atoms with E-state index in [0.717, 1.165) is 12.8 Å². The summed E-state index contributed by atoms with van der Waals surface area (Å²) in [6.45, 7) is 3.92. The third kappa shape index (κ3) is 3.70. The number of hydrogen-bond acceptors (Lipinski definition) is 3. The molecule has 1 aromatic rings. The second-order valence-corrected chi connectivity index (χ2v) is 7.79. The summed E-state index contributed by atoms with van der Waals surface area (Å²) in [5, 5.41) is 1.71. The fraction of sp³-hybridized carbons (Fsp3) is 0.438. The lowest BCUT2D eigenvalue weighted by molar-refractivity contribution is -0.122. The molecule has 2 rings (SSSR count). The molecule has 1 atom stereocenters. The van der Waals surface area contributed by atoms with Gasteiger partial charge in [0.15, 0.2) is 9.84 Å². The maximum Gasteiger partial charge on any atom is 0.230 e. The molecule has 0 bridgehead atoms. The van der Waals surface area contributed by atoms with E-state index in [9.17, 15) is 13.2 Å². The van der Waals surface area contributed by atoms with Crippen LogP contribution in [0.4, 0.5) is 5.69 Å². The van der Waals surface area contributed by atoms with Gasteiger partial charge in [-0.1, -0.05) is 31.5 Å². The molecule has 1 aromatic carbocycles. The Bertz CT molecular complexity index is 680. The average Bonchev–Trinajstić information content (AvgIpc) is 2.80. The van der Waals surface area contributed by atoms with Crippen LogP contribution in [-0.2, 0) is 14.6 Å². The van der Waals surface area contributed by atoms with Crippen LogP contribution in [0.15, 0.2) is 35.7 Å². The maximum absolute atomic E-state index is 12.9. The predicted molar refractivity (Wildman–Crippen MR) is 89.7 cm³/mol. The summed E-state index contributed by atoms with van der Waals surface area (Å²) in [5.74, 6) is -0.263. The van der Waals surface area contributed by atoms with Crippen molar-refractivity contribution in [2.24, 2.45) is 5.92 Å². The second-order valence-electron chi connectivity index (χ2n) is 5.43. The molecule has 0 radical (unpaired) electrons. The molecular weight excluding hydrogens is 322 g/mol. The molecule has 0 spiro atoms. The molecule has 0 saturated heterocycles. The molecule has 1 heterocycles. The fourth-order valence-electron chi connectivity index (χ4n) is 2.66. The average molecular weight is 342 g/mol. The third-order valence-corrected chi connectivity index (χ3v) is 5.51. The number of anilines is 1. The van der Waals surface area contributed by atoms with Gasteiger partial charge >= 0.3 is 0 Å². The van der Waals surface area contributed by atoms with Crippen molar-refractivity contribution in [3.05, 3.63) is 40.8 Å². The summed E-state index contributed by atoms with van der Waals surface area (Å²) in [6.07, 6.45) is 3.02. The number of nitrogens with zero attached hydrogens (tertiary/aromatic N) is 1. The lowest BCUT2D eigenvalue weighted by Gasteiger charge is -2.31. The van der Waals surface area contributed by atoms with Gasteiger partial charge in [0, 0.05) is 22.0 Å². The minimum Gasteiger partial charge on any atom is -0.304 e. The van der Waals surface area contributed by atoms with Crippen molar-refractivity contribution in [1.82, 2.24) is 0 Å². The van der Waals surface area contributed by atoms with Crippen LogP contribution in [0.1, 0.15) is 26.7 Å². The van der Waals surface area contributed by atoms with E-state index in [1.54, 1.807) is 35.2 Å². The summed E-state index contributed by atoms with van der Waals surface area (Å²) < 4.78 is 23.4. The molecule has 0 unspecified atom stereocenters. The molecule has 22 heavy (non-hydrogen) atoms. The van der Waals surface area contributed by atoms with E-state index < -0.39 is 15.9 Å². The summed E-state index contributed by atoms with van der Waals surface area (Å²) in [6, 6.07) is 6.49. The number of sulfone groups is 1. The van der Waals surface area contributed by atoms with E-state index in [1.807, 2.05) is 13.8 Å². The van der Waals surface area contributed by atoms with Gasteiger partial charge in [-0.05, 0) is 37.1 Å². The summed E-state index contributed by atoms with van der Waals surface area (Å²) in [5.41, 5.74) is 0.635. The van der Waals surface area contributed by atoms with Crippen molar-refractivity contribution < 1.29 is 13.2 Å². The largest absolute Gasteiger partial charge is 0.304 e. The van der Waals surface area contributed by atoms with Crippen molar-refractivity contribution in [3.8, 4) is 0 Å². The second kappa shape index (κ2) is 6.84. The van der Waals surface area contributed by atoms with Crippen LogP contribution in [0.3, 0.4) is 0 Å². The van der Waals surface area contributed by atoms with E-state index >= 15 is 0 Å². The highest BCUT2D eigenvalue weighted by molar-refractivity contribution is 7.94. The zero-order valence-corrected chi connectivity index (χ0v) is 14.3. The standard InChI is InChI=1S/C16H20ClNO3S/c1-3-12(4-2)16(19)18(14-7-5-6-13(17)10-14)15-8-9-22(20,21)11-15/h5-10,12,15H,3-4,11H2,1-2H3/t15-/m0/s1. The van der Waals surface area contributed by atoms with Crippen LogP contribution in [0, 0.1) is 5.92 Å². The molecule has 0 aliphatic carbocycles. The fourth-order valence-corrected chi connectivity index (χ4v) is 4.12. The number of carbonyl (C=O) groups is 1. The van der Waals surface area contributed by atoms with Crippen molar-refractivity contribution >= 4 is 33.0 Å². The molecule has 0 N–H and O–H groups in total. The van der Waals surface area contributed by atoms with Gasteiger partial charge in [0.1, 0.15) is 0 Å². The first kappa shape index (κ1) is 17.0. The maximum atomic E-state index is 12.9. The molecule has 0 saturated carbocycles. The third-order valence-electron chi connectivity index (χ3n) is 3.90. The first-order chi connectivity index (χ1) is 10.4. The Morgan fingerprint density at radius 3 is 2.55 bits per heavy atom. The van der Waals surface area contributed by atoms with Crippen molar-refractivity contribution in [1.29, 1.82) is 0 Å². The number of amides is 1. The highest BCUT2D eigenvalue weighted by Gasteiger charge is 2.33.